The van der Waals surface area contributed by atoms with Gasteiger partial charge in [-0.25, -0.2) is 23.7 Å². The van der Waals surface area contributed by atoms with Crippen LogP contribution in [0.3, 0.4) is 0 Å². The normalized spacial score (nSPS) is 11.0. The average Bonchev–Trinajstić information content (AvgIpc) is 2.99. The quantitative estimate of drug-likeness (QED) is 0.573. The molecule has 4 rings (SSSR count). The van der Waals surface area contributed by atoms with E-state index in [0.29, 0.717) is 28.9 Å². The Morgan fingerprint density at radius 3 is 2.65 bits per heavy atom. The van der Waals surface area contributed by atoms with E-state index >= 15 is 0 Å². The van der Waals surface area contributed by atoms with E-state index in [9.17, 15) is 13.6 Å². The fourth-order valence-corrected chi connectivity index (χ4v) is 2.75. The lowest BCUT2D eigenvalue weighted by Crippen LogP contribution is -1.98. The zero-order chi connectivity index (χ0) is 18.3. The van der Waals surface area contributed by atoms with Crippen molar-refractivity contribution in [3.8, 4) is 22.6 Å². The van der Waals surface area contributed by atoms with Gasteiger partial charge in [-0.2, -0.15) is 0 Å². The highest BCUT2D eigenvalue weighted by atomic mass is 19.1. The topological polar surface area (TPSA) is 86.2 Å². The first kappa shape index (κ1) is 15.8. The van der Waals surface area contributed by atoms with E-state index in [1.807, 2.05) is 0 Å². The third kappa shape index (κ3) is 2.57. The molecule has 2 N–H and O–H groups in total. The van der Waals surface area contributed by atoms with Gasteiger partial charge < -0.3 is 5.73 Å². The van der Waals surface area contributed by atoms with Crippen LogP contribution >= 0.6 is 0 Å². The molecule has 0 atom stereocenters. The highest BCUT2D eigenvalue weighted by Crippen LogP contribution is 2.33. The molecule has 0 bridgehead atoms. The molecule has 0 aliphatic rings. The fraction of sp³-hybridized carbons (Fsp3) is 0. The van der Waals surface area contributed by atoms with Crippen molar-refractivity contribution in [1.29, 1.82) is 0 Å². The van der Waals surface area contributed by atoms with E-state index < -0.39 is 11.6 Å². The lowest BCUT2D eigenvalue weighted by molar-refractivity contribution is 0.112. The Labute approximate surface area is 146 Å². The third-order valence-corrected chi connectivity index (χ3v) is 3.89. The van der Waals surface area contributed by atoms with Gasteiger partial charge in [-0.3, -0.25) is 9.20 Å². The second-order valence-corrected chi connectivity index (χ2v) is 5.54. The zero-order valence-corrected chi connectivity index (χ0v) is 13.2. The van der Waals surface area contributed by atoms with Crippen LogP contribution in [-0.2, 0) is 0 Å². The summed E-state index contributed by atoms with van der Waals surface area (Å²) >= 11 is 0. The van der Waals surface area contributed by atoms with Gasteiger partial charge in [-0.05, 0) is 30.3 Å². The van der Waals surface area contributed by atoms with Crippen molar-refractivity contribution < 1.29 is 13.6 Å². The average molecular weight is 351 g/mol. The molecule has 8 heteroatoms. The van der Waals surface area contributed by atoms with Gasteiger partial charge in [0.05, 0.1) is 11.4 Å². The molecule has 0 aliphatic heterocycles. The van der Waals surface area contributed by atoms with Gasteiger partial charge in [0.2, 0.25) is 5.95 Å². The molecule has 4 aromatic rings. The van der Waals surface area contributed by atoms with Crippen LogP contribution in [-0.4, -0.2) is 25.6 Å². The molecular weight excluding hydrogens is 340 g/mol. The number of benzene rings is 1. The van der Waals surface area contributed by atoms with E-state index in [2.05, 4.69) is 15.0 Å². The van der Waals surface area contributed by atoms with Gasteiger partial charge >= 0.3 is 0 Å². The van der Waals surface area contributed by atoms with Crippen LogP contribution in [0.2, 0.25) is 0 Å². The maximum atomic E-state index is 14.4. The number of aromatic nitrogens is 4. The summed E-state index contributed by atoms with van der Waals surface area (Å²) in [5, 5.41) is 0. The molecule has 0 aliphatic carbocycles. The number of nitrogens with two attached hydrogens (primary N) is 1. The SMILES string of the molecule is Nc1nccc(-c2c(-c3ccc(F)cc3F)nc3cc(C=O)ccn23)n1. The van der Waals surface area contributed by atoms with Gasteiger partial charge in [0.1, 0.15) is 29.3 Å². The number of rotatable bonds is 3. The molecule has 1 aromatic carbocycles. The number of nitrogen functional groups attached to an aromatic ring is 1. The van der Waals surface area contributed by atoms with Crippen LogP contribution in [0.25, 0.3) is 28.3 Å². The number of carbonyl (C=O) groups excluding carboxylic acids is 1. The number of aldehydes is 1. The van der Waals surface area contributed by atoms with Gasteiger partial charge in [-0.1, -0.05) is 0 Å². The van der Waals surface area contributed by atoms with Gasteiger partial charge in [0, 0.05) is 29.6 Å². The molecule has 0 spiro atoms. The first-order valence-corrected chi connectivity index (χ1v) is 7.58. The summed E-state index contributed by atoms with van der Waals surface area (Å²) in [7, 11) is 0. The monoisotopic (exact) mass is 351 g/mol. The minimum absolute atomic E-state index is 0.0486. The number of fused-ring (bicyclic) bond motifs is 1. The van der Waals surface area contributed by atoms with Gasteiger partial charge in [0.15, 0.2) is 0 Å². The first-order chi connectivity index (χ1) is 12.6. The Kier molecular flexibility index (Phi) is 3.65. The minimum Gasteiger partial charge on any atom is -0.368 e. The summed E-state index contributed by atoms with van der Waals surface area (Å²) in [6.45, 7) is 0. The number of carbonyl (C=O) groups is 1. The van der Waals surface area contributed by atoms with Crippen molar-refractivity contribution in [3.63, 3.8) is 0 Å². The Balaban J connectivity index is 2.07. The van der Waals surface area contributed by atoms with Crippen LogP contribution in [0.15, 0.2) is 48.8 Å². The largest absolute Gasteiger partial charge is 0.368 e. The second kappa shape index (κ2) is 5.99. The summed E-state index contributed by atoms with van der Waals surface area (Å²) in [6.07, 6.45) is 3.79. The van der Waals surface area contributed by atoms with E-state index in [4.69, 9.17) is 5.73 Å². The first-order valence-electron chi connectivity index (χ1n) is 7.58. The molecule has 128 valence electrons. The Morgan fingerprint density at radius 2 is 1.92 bits per heavy atom. The molecule has 0 fully saturated rings. The number of hydrogen-bond acceptors (Lipinski definition) is 5. The van der Waals surface area contributed by atoms with Crippen molar-refractivity contribution in [2.24, 2.45) is 0 Å². The van der Waals surface area contributed by atoms with Crippen molar-refractivity contribution in [1.82, 2.24) is 19.4 Å². The van der Waals surface area contributed by atoms with Crippen molar-refractivity contribution in [2.75, 3.05) is 5.73 Å². The lowest BCUT2D eigenvalue weighted by atomic mass is 10.1. The van der Waals surface area contributed by atoms with Crippen molar-refractivity contribution in [3.05, 3.63) is 66.0 Å². The Bertz CT molecular complexity index is 1160. The summed E-state index contributed by atoms with van der Waals surface area (Å²) < 4.78 is 29.3. The number of hydrogen-bond donors (Lipinski definition) is 1. The zero-order valence-electron chi connectivity index (χ0n) is 13.2. The van der Waals surface area contributed by atoms with Crippen LogP contribution in [0.5, 0.6) is 0 Å². The molecule has 26 heavy (non-hydrogen) atoms. The van der Waals surface area contributed by atoms with Crippen LogP contribution in [0, 0.1) is 11.6 Å². The van der Waals surface area contributed by atoms with Gasteiger partial charge in [0.25, 0.3) is 0 Å². The smallest absolute Gasteiger partial charge is 0.220 e. The molecule has 0 saturated heterocycles. The summed E-state index contributed by atoms with van der Waals surface area (Å²) in [4.78, 5) is 23.5. The lowest BCUT2D eigenvalue weighted by Gasteiger charge is -2.06. The predicted octanol–water partition coefficient (Wildman–Crippen LogP) is 3.13. The van der Waals surface area contributed by atoms with E-state index in [0.717, 1.165) is 12.1 Å². The molecule has 0 amide bonds. The van der Waals surface area contributed by atoms with E-state index in [-0.39, 0.29) is 17.2 Å². The number of pyridine rings is 1. The predicted molar refractivity (Wildman–Crippen MR) is 91.4 cm³/mol. The fourth-order valence-electron chi connectivity index (χ4n) is 2.75. The van der Waals surface area contributed by atoms with Crippen LogP contribution in [0.1, 0.15) is 10.4 Å². The number of halogens is 2. The van der Waals surface area contributed by atoms with E-state index in [1.54, 1.807) is 28.8 Å². The van der Waals surface area contributed by atoms with Crippen LogP contribution in [0.4, 0.5) is 14.7 Å². The van der Waals surface area contributed by atoms with Gasteiger partial charge in [-0.15, -0.1) is 0 Å². The summed E-state index contributed by atoms with van der Waals surface area (Å²) in [5.74, 6) is -1.40. The summed E-state index contributed by atoms with van der Waals surface area (Å²) in [5.41, 5.74) is 7.74. The minimum atomic E-state index is -0.757. The van der Waals surface area contributed by atoms with Crippen molar-refractivity contribution in [2.45, 2.75) is 0 Å². The molecule has 3 aromatic heterocycles. The molecule has 6 nitrogen and oxygen atoms in total. The van der Waals surface area contributed by atoms with E-state index in [1.165, 1.54) is 12.3 Å². The van der Waals surface area contributed by atoms with Crippen LogP contribution < -0.4 is 5.73 Å². The molecular formula is C18H11F2N5O. The second-order valence-electron chi connectivity index (χ2n) is 5.54. The molecule has 0 saturated carbocycles. The standard InChI is InChI=1S/C18H11F2N5O/c19-11-1-2-12(13(20)8-11)16-17(14-3-5-22-18(21)23-14)25-6-4-10(9-26)7-15(25)24-16/h1-9H,(H2,21,22,23). The Hall–Kier alpha value is -3.68. The molecule has 0 radical (unpaired) electrons. The summed E-state index contributed by atoms with van der Waals surface area (Å²) in [6, 6.07) is 8.01. The molecule has 3 heterocycles. The Morgan fingerprint density at radius 1 is 1.08 bits per heavy atom. The highest BCUT2D eigenvalue weighted by molar-refractivity contribution is 5.83. The number of imidazole rings is 1. The third-order valence-electron chi connectivity index (χ3n) is 3.89. The number of nitrogens with zero attached hydrogens (tertiary/aromatic N) is 4. The number of anilines is 1. The highest BCUT2D eigenvalue weighted by Gasteiger charge is 2.20. The maximum Gasteiger partial charge on any atom is 0.220 e. The molecule has 0 unspecified atom stereocenters. The van der Waals surface area contributed by atoms with Crippen molar-refractivity contribution >= 4 is 17.9 Å². The maximum absolute atomic E-state index is 14.4.